The van der Waals surface area contributed by atoms with E-state index in [4.69, 9.17) is 4.74 Å². The Morgan fingerprint density at radius 1 is 1.18 bits per heavy atom. The van der Waals surface area contributed by atoms with Crippen LogP contribution in [0.25, 0.3) is 0 Å². The molecule has 1 saturated carbocycles. The third-order valence-electron chi connectivity index (χ3n) is 4.30. The van der Waals surface area contributed by atoms with Gasteiger partial charge in [0.25, 0.3) is 0 Å². The van der Waals surface area contributed by atoms with Crippen molar-refractivity contribution < 1.29 is 14.3 Å². The summed E-state index contributed by atoms with van der Waals surface area (Å²) in [5.41, 5.74) is -0.491. The lowest BCUT2D eigenvalue weighted by atomic mass is 9.78. The second kappa shape index (κ2) is 8.39. The number of hydrogen-bond donors (Lipinski definition) is 2. The SMILES string of the molecule is CC1CCCC(NC(=O)CCCNC(=O)OC(C)(C)C)C1C. The largest absolute Gasteiger partial charge is 0.444 e. The summed E-state index contributed by atoms with van der Waals surface area (Å²) in [7, 11) is 0. The second-order valence-electron chi connectivity index (χ2n) is 7.47. The van der Waals surface area contributed by atoms with Crippen LogP contribution in [0.3, 0.4) is 0 Å². The molecule has 1 aliphatic rings. The van der Waals surface area contributed by atoms with Crippen LogP contribution in [-0.4, -0.2) is 30.2 Å². The van der Waals surface area contributed by atoms with E-state index < -0.39 is 11.7 Å². The topological polar surface area (TPSA) is 67.4 Å². The summed E-state index contributed by atoms with van der Waals surface area (Å²) in [6.45, 7) is 10.4. The van der Waals surface area contributed by atoms with Gasteiger partial charge in [-0.15, -0.1) is 0 Å². The summed E-state index contributed by atoms with van der Waals surface area (Å²) in [5, 5.41) is 5.82. The van der Waals surface area contributed by atoms with Crippen LogP contribution < -0.4 is 10.6 Å². The van der Waals surface area contributed by atoms with Gasteiger partial charge < -0.3 is 15.4 Å². The maximum atomic E-state index is 12.0. The van der Waals surface area contributed by atoms with Crippen LogP contribution >= 0.6 is 0 Å². The van der Waals surface area contributed by atoms with Gasteiger partial charge >= 0.3 is 6.09 Å². The van der Waals surface area contributed by atoms with Crippen molar-refractivity contribution in [3.8, 4) is 0 Å². The molecule has 5 heteroatoms. The minimum Gasteiger partial charge on any atom is -0.444 e. The van der Waals surface area contributed by atoms with E-state index >= 15 is 0 Å². The molecule has 0 aromatic heterocycles. The Morgan fingerprint density at radius 2 is 1.86 bits per heavy atom. The first-order valence-electron chi connectivity index (χ1n) is 8.45. The number of ether oxygens (including phenoxy) is 1. The molecule has 1 aliphatic carbocycles. The monoisotopic (exact) mass is 312 g/mol. The van der Waals surface area contributed by atoms with Gasteiger partial charge in [0.05, 0.1) is 0 Å². The highest BCUT2D eigenvalue weighted by molar-refractivity contribution is 5.76. The average molecular weight is 312 g/mol. The Kier molecular flexibility index (Phi) is 7.17. The van der Waals surface area contributed by atoms with Gasteiger partial charge in [-0.05, 0) is 45.4 Å². The van der Waals surface area contributed by atoms with E-state index in [1.165, 1.54) is 12.8 Å². The molecule has 22 heavy (non-hydrogen) atoms. The van der Waals surface area contributed by atoms with E-state index in [1.54, 1.807) is 0 Å². The quantitative estimate of drug-likeness (QED) is 0.766. The van der Waals surface area contributed by atoms with Crippen molar-refractivity contribution in [2.75, 3.05) is 6.54 Å². The van der Waals surface area contributed by atoms with Gasteiger partial charge in [-0.2, -0.15) is 0 Å². The van der Waals surface area contributed by atoms with E-state index in [9.17, 15) is 9.59 Å². The number of carbonyl (C=O) groups excluding carboxylic acids is 2. The molecular formula is C17H32N2O3. The summed E-state index contributed by atoms with van der Waals surface area (Å²) < 4.78 is 5.14. The fourth-order valence-corrected chi connectivity index (χ4v) is 2.82. The van der Waals surface area contributed by atoms with E-state index in [2.05, 4.69) is 24.5 Å². The highest BCUT2D eigenvalue weighted by atomic mass is 16.6. The lowest BCUT2D eigenvalue weighted by molar-refractivity contribution is -0.122. The number of rotatable bonds is 5. The van der Waals surface area contributed by atoms with Crippen LogP contribution in [0.15, 0.2) is 0 Å². The third kappa shape index (κ3) is 7.14. The van der Waals surface area contributed by atoms with Crippen LogP contribution in [0, 0.1) is 11.8 Å². The molecule has 0 heterocycles. The zero-order chi connectivity index (χ0) is 16.8. The lowest BCUT2D eigenvalue weighted by Crippen LogP contribution is -2.43. The summed E-state index contributed by atoms with van der Waals surface area (Å²) in [6.07, 6.45) is 4.16. The minimum atomic E-state index is -0.491. The molecule has 0 bridgehead atoms. The van der Waals surface area contributed by atoms with E-state index in [1.807, 2.05) is 20.8 Å². The van der Waals surface area contributed by atoms with Crippen LogP contribution in [0.4, 0.5) is 4.79 Å². The minimum absolute atomic E-state index is 0.0805. The molecule has 3 atom stereocenters. The predicted octanol–water partition coefficient (Wildman–Crippen LogP) is 3.23. The zero-order valence-corrected chi connectivity index (χ0v) is 14.7. The van der Waals surface area contributed by atoms with Crippen LogP contribution in [0.1, 0.15) is 66.7 Å². The number of alkyl carbamates (subject to hydrolysis) is 1. The summed E-state index contributed by atoms with van der Waals surface area (Å²) >= 11 is 0. The molecular weight excluding hydrogens is 280 g/mol. The Morgan fingerprint density at radius 3 is 2.50 bits per heavy atom. The van der Waals surface area contributed by atoms with Gasteiger partial charge in [-0.25, -0.2) is 4.79 Å². The molecule has 2 N–H and O–H groups in total. The molecule has 3 unspecified atom stereocenters. The molecule has 0 aromatic rings. The third-order valence-corrected chi connectivity index (χ3v) is 4.30. The normalized spacial score (nSPS) is 25.4. The second-order valence-corrected chi connectivity index (χ2v) is 7.47. The van der Waals surface area contributed by atoms with Gasteiger partial charge in [-0.3, -0.25) is 4.79 Å². The van der Waals surface area contributed by atoms with Crippen molar-refractivity contribution in [1.29, 1.82) is 0 Å². The number of hydrogen-bond acceptors (Lipinski definition) is 3. The Labute approximate surface area is 134 Å². The van der Waals surface area contributed by atoms with Crippen LogP contribution in [-0.2, 0) is 9.53 Å². The van der Waals surface area contributed by atoms with Gasteiger partial charge in [-0.1, -0.05) is 26.7 Å². The molecule has 128 valence electrons. The van der Waals surface area contributed by atoms with E-state index in [0.717, 1.165) is 6.42 Å². The molecule has 5 nitrogen and oxygen atoms in total. The van der Waals surface area contributed by atoms with Crippen LogP contribution in [0.2, 0.25) is 0 Å². The van der Waals surface area contributed by atoms with Gasteiger partial charge in [0.1, 0.15) is 5.60 Å². The van der Waals surface area contributed by atoms with Gasteiger partial charge in [0, 0.05) is 19.0 Å². The van der Waals surface area contributed by atoms with Crippen LogP contribution in [0.5, 0.6) is 0 Å². The first-order valence-corrected chi connectivity index (χ1v) is 8.45. The van der Waals surface area contributed by atoms with Crippen molar-refractivity contribution >= 4 is 12.0 Å². The Balaban J connectivity index is 2.17. The molecule has 0 saturated heterocycles. The highest BCUT2D eigenvalue weighted by Crippen LogP contribution is 2.29. The van der Waals surface area contributed by atoms with E-state index in [-0.39, 0.29) is 5.91 Å². The fraction of sp³-hybridized carbons (Fsp3) is 0.882. The number of nitrogens with one attached hydrogen (secondary N) is 2. The zero-order valence-electron chi connectivity index (χ0n) is 14.7. The first-order chi connectivity index (χ1) is 10.2. The fourth-order valence-electron chi connectivity index (χ4n) is 2.82. The van der Waals surface area contributed by atoms with Crippen molar-refractivity contribution in [3.05, 3.63) is 0 Å². The first kappa shape index (κ1) is 18.8. The molecule has 0 spiro atoms. The van der Waals surface area contributed by atoms with Crippen molar-refractivity contribution in [2.45, 2.75) is 78.4 Å². The van der Waals surface area contributed by atoms with E-state index in [0.29, 0.717) is 37.3 Å². The molecule has 2 amide bonds. The van der Waals surface area contributed by atoms with Gasteiger partial charge in [0.2, 0.25) is 5.91 Å². The molecule has 0 radical (unpaired) electrons. The molecule has 1 rings (SSSR count). The number of amides is 2. The Hall–Kier alpha value is -1.26. The summed E-state index contributed by atoms with van der Waals surface area (Å²) in [5.74, 6) is 1.29. The summed E-state index contributed by atoms with van der Waals surface area (Å²) in [6, 6.07) is 0.301. The average Bonchev–Trinajstić information content (AvgIpc) is 2.38. The maximum Gasteiger partial charge on any atom is 0.407 e. The van der Waals surface area contributed by atoms with Crippen molar-refractivity contribution in [1.82, 2.24) is 10.6 Å². The summed E-state index contributed by atoms with van der Waals surface area (Å²) in [4.78, 5) is 23.4. The molecule has 0 aliphatic heterocycles. The standard InChI is InChI=1S/C17H32N2O3/c1-12-8-6-9-14(13(12)2)19-15(20)10-7-11-18-16(21)22-17(3,4)5/h12-14H,6-11H2,1-5H3,(H,18,21)(H,19,20). The maximum absolute atomic E-state index is 12.0. The van der Waals surface area contributed by atoms with Crippen molar-refractivity contribution in [2.24, 2.45) is 11.8 Å². The van der Waals surface area contributed by atoms with Gasteiger partial charge in [0.15, 0.2) is 0 Å². The lowest BCUT2D eigenvalue weighted by Gasteiger charge is -2.34. The molecule has 0 aromatic carbocycles. The van der Waals surface area contributed by atoms with Crippen molar-refractivity contribution in [3.63, 3.8) is 0 Å². The smallest absolute Gasteiger partial charge is 0.407 e. The highest BCUT2D eigenvalue weighted by Gasteiger charge is 2.27. The predicted molar refractivity (Wildman–Crippen MR) is 87.6 cm³/mol. The Bertz CT molecular complexity index is 377. The number of carbonyl (C=O) groups is 2. The molecule has 1 fully saturated rings.